The molecular weight excluding hydrogens is 470 g/mol. The second-order valence-electron chi connectivity index (χ2n) is 6.99. The van der Waals surface area contributed by atoms with Gasteiger partial charge in [0.2, 0.25) is 0 Å². The summed E-state index contributed by atoms with van der Waals surface area (Å²) in [4.78, 5) is 25.3. The number of benzene rings is 2. The topological polar surface area (TPSA) is 60.3 Å². The average molecular weight is 491 g/mol. The number of ether oxygens (including phenoxy) is 1. The van der Waals surface area contributed by atoms with Crippen molar-refractivity contribution in [2.45, 2.75) is 27.4 Å². The normalized spacial score (nSPS) is 10.8. The molecule has 0 saturated carbocycles. The van der Waals surface area contributed by atoms with Crippen molar-refractivity contribution < 1.29 is 18.3 Å². The number of amides is 1. The van der Waals surface area contributed by atoms with Crippen LogP contribution in [0, 0.1) is 25.5 Å². The lowest BCUT2D eigenvalue weighted by molar-refractivity contribution is 0.0955. The lowest BCUT2D eigenvalue weighted by Gasteiger charge is -2.17. The molecule has 0 aliphatic carbocycles. The number of nitrogens with zero attached hydrogens (tertiary/aromatic N) is 1. The Kier molecular flexibility index (Phi) is 6.90. The van der Waals surface area contributed by atoms with Crippen LogP contribution in [0.15, 0.2) is 51.7 Å². The monoisotopic (exact) mass is 490 g/mol. The van der Waals surface area contributed by atoms with Gasteiger partial charge in [0.25, 0.3) is 11.5 Å². The molecular formula is C23H21BrF2N2O3. The maximum Gasteiger partial charge on any atom is 0.273 e. The van der Waals surface area contributed by atoms with E-state index >= 15 is 0 Å². The summed E-state index contributed by atoms with van der Waals surface area (Å²) in [5.74, 6) is -1.39. The predicted molar refractivity (Wildman–Crippen MR) is 118 cm³/mol. The molecule has 1 heterocycles. The van der Waals surface area contributed by atoms with Gasteiger partial charge in [-0.05, 0) is 66.5 Å². The predicted octanol–water partition coefficient (Wildman–Crippen LogP) is 4.82. The second-order valence-corrected chi connectivity index (χ2v) is 7.78. The van der Waals surface area contributed by atoms with Crippen molar-refractivity contribution in [3.05, 3.63) is 91.3 Å². The fourth-order valence-electron chi connectivity index (χ4n) is 3.13. The molecule has 0 saturated heterocycles. The molecule has 1 aromatic heterocycles. The Hall–Kier alpha value is -3.00. The Morgan fingerprint density at radius 1 is 1.13 bits per heavy atom. The summed E-state index contributed by atoms with van der Waals surface area (Å²) in [6.07, 6.45) is 0. The van der Waals surface area contributed by atoms with E-state index in [0.29, 0.717) is 23.5 Å². The number of aromatic nitrogens is 1. The molecule has 0 aliphatic heterocycles. The number of hydrogen-bond donors (Lipinski definition) is 1. The zero-order valence-corrected chi connectivity index (χ0v) is 18.8. The van der Waals surface area contributed by atoms with Crippen molar-refractivity contribution in [3.63, 3.8) is 0 Å². The number of halogens is 3. The van der Waals surface area contributed by atoms with Gasteiger partial charge in [-0.25, -0.2) is 8.78 Å². The second kappa shape index (κ2) is 9.43. The molecule has 1 N–H and O–H groups in total. The first-order chi connectivity index (χ1) is 14.7. The minimum Gasteiger partial charge on any atom is -0.487 e. The number of rotatable bonds is 6. The van der Waals surface area contributed by atoms with Gasteiger partial charge < -0.3 is 10.1 Å². The van der Waals surface area contributed by atoms with Crippen molar-refractivity contribution in [1.82, 2.24) is 9.88 Å². The molecule has 8 heteroatoms. The summed E-state index contributed by atoms with van der Waals surface area (Å²) >= 11 is 3.27. The summed E-state index contributed by atoms with van der Waals surface area (Å²) < 4.78 is 34.2. The van der Waals surface area contributed by atoms with Crippen molar-refractivity contribution in [2.75, 3.05) is 6.54 Å². The Labute approximate surface area is 186 Å². The number of aryl methyl sites for hydroxylation is 2. The van der Waals surface area contributed by atoms with Crippen LogP contribution in [0.3, 0.4) is 0 Å². The van der Waals surface area contributed by atoms with Gasteiger partial charge in [-0.2, -0.15) is 0 Å². The maximum absolute atomic E-state index is 13.9. The number of pyridine rings is 1. The molecule has 3 rings (SSSR count). The fraction of sp³-hybridized carbons (Fsp3) is 0.217. The average Bonchev–Trinajstić information content (AvgIpc) is 2.72. The van der Waals surface area contributed by atoms with E-state index in [0.717, 1.165) is 17.7 Å². The zero-order valence-electron chi connectivity index (χ0n) is 17.3. The Balaban J connectivity index is 1.98. The summed E-state index contributed by atoms with van der Waals surface area (Å²) in [5.41, 5.74) is 2.18. The highest BCUT2D eigenvalue weighted by molar-refractivity contribution is 9.10. The SMILES string of the molecule is CCNC(=O)c1ccc(C)c(-n2c(C)cc(OCc3ccc(F)cc3F)c(Br)c2=O)c1. The number of carbonyl (C=O) groups excluding carboxylic acids is 1. The lowest BCUT2D eigenvalue weighted by atomic mass is 10.1. The fourth-order valence-corrected chi connectivity index (χ4v) is 3.54. The van der Waals surface area contributed by atoms with Gasteiger partial charge in [0, 0.05) is 35.5 Å². The highest BCUT2D eigenvalue weighted by atomic mass is 79.9. The van der Waals surface area contributed by atoms with Gasteiger partial charge in [-0.15, -0.1) is 0 Å². The molecule has 1 amide bonds. The Morgan fingerprint density at radius 2 is 1.87 bits per heavy atom. The minimum absolute atomic E-state index is 0.156. The van der Waals surface area contributed by atoms with Crippen LogP contribution < -0.4 is 15.6 Å². The van der Waals surface area contributed by atoms with Gasteiger partial charge in [-0.3, -0.25) is 14.2 Å². The highest BCUT2D eigenvalue weighted by Crippen LogP contribution is 2.26. The first-order valence-corrected chi connectivity index (χ1v) is 10.4. The molecule has 162 valence electrons. The molecule has 0 bridgehead atoms. The number of hydrogen-bond acceptors (Lipinski definition) is 3. The van der Waals surface area contributed by atoms with Crippen molar-refractivity contribution >= 4 is 21.8 Å². The Morgan fingerprint density at radius 3 is 2.55 bits per heavy atom. The van der Waals surface area contributed by atoms with Crippen LogP contribution in [0.1, 0.15) is 34.1 Å². The van der Waals surface area contributed by atoms with E-state index in [1.165, 1.54) is 10.6 Å². The van der Waals surface area contributed by atoms with E-state index < -0.39 is 11.6 Å². The van der Waals surface area contributed by atoms with E-state index in [1.807, 2.05) is 13.8 Å². The molecule has 31 heavy (non-hydrogen) atoms. The molecule has 0 spiro atoms. The smallest absolute Gasteiger partial charge is 0.273 e. The quantitative estimate of drug-likeness (QED) is 0.538. The third-order valence-electron chi connectivity index (χ3n) is 4.75. The largest absolute Gasteiger partial charge is 0.487 e. The summed E-state index contributed by atoms with van der Waals surface area (Å²) in [5, 5.41) is 2.74. The standard InChI is InChI=1S/C23H21BrF2N2O3/c1-4-27-22(29)15-6-5-13(2)19(10-15)28-14(3)9-20(21(24)23(28)30)31-12-16-7-8-17(25)11-18(16)26/h5-11H,4,12H2,1-3H3,(H,27,29). The zero-order chi connectivity index (χ0) is 22.7. The van der Waals surface area contributed by atoms with Crippen LogP contribution in [0.5, 0.6) is 5.75 Å². The van der Waals surface area contributed by atoms with Crippen molar-refractivity contribution in [3.8, 4) is 11.4 Å². The van der Waals surface area contributed by atoms with Crippen LogP contribution in [0.2, 0.25) is 0 Å². The van der Waals surface area contributed by atoms with Crippen molar-refractivity contribution in [1.29, 1.82) is 0 Å². The van der Waals surface area contributed by atoms with E-state index in [1.54, 1.807) is 31.2 Å². The molecule has 2 aromatic carbocycles. The van der Waals surface area contributed by atoms with Gasteiger partial charge in [0.1, 0.15) is 28.5 Å². The maximum atomic E-state index is 13.9. The van der Waals surface area contributed by atoms with Gasteiger partial charge in [0.05, 0.1) is 5.69 Å². The molecule has 0 atom stereocenters. The number of nitrogens with one attached hydrogen (secondary N) is 1. The van der Waals surface area contributed by atoms with Gasteiger partial charge >= 0.3 is 0 Å². The molecule has 5 nitrogen and oxygen atoms in total. The minimum atomic E-state index is -0.723. The molecule has 0 radical (unpaired) electrons. The summed E-state index contributed by atoms with van der Waals surface area (Å²) in [7, 11) is 0. The molecule has 0 fully saturated rings. The highest BCUT2D eigenvalue weighted by Gasteiger charge is 2.17. The van der Waals surface area contributed by atoms with E-state index in [4.69, 9.17) is 4.74 Å². The molecule has 0 unspecified atom stereocenters. The van der Waals surface area contributed by atoms with Crippen LogP contribution >= 0.6 is 15.9 Å². The lowest BCUT2D eigenvalue weighted by Crippen LogP contribution is -2.25. The molecule has 3 aromatic rings. The number of carbonyl (C=O) groups is 1. The summed E-state index contributed by atoms with van der Waals surface area (Å²) in [6.45, 7) is 5.73. The first-order valence-electron chi connectivity index (χ1n) is 9.61. The van der Waals surface area contributed by atoms with E-state index in [-0.39, 0.29) is 33.9 Å². The summed E-state index contributed by atoms with van der Waals surface area (Å²) in [6, 6.07) is 10.0. The van der Waals surface area contributed by atoms with Crippen LogP contribution in [-0.4, -0.2) is 17.0 Å². The van der Waals surface area contributed by atoms with Gasteiger partial charge in [0.15, 0.2) is 0 Å². The first kappa shape index (κ1) is 22.7. The van der Waals surface area contributed by atoms with Gasteiger partial charge in [-0.1, -0.05) is 6.07 Å². The molecule has 0 aliphatic rings. The van der Waals surface area contributed by atoms with Crippen LogP contribution in [0.25, 0.3) is 5.69 Å². The van der Waals surface area contributed by atoms with Crippen LogP contribution in [0.4, 0.5) is 8.78 Å². The van der Waals surface area contributed by atoms with Crippen molar-refractivity contribution in [2.24, 2.45) is 0 Å². The third-order valence-corrected chi connectivity index (χ3v) is 5.48. The van der Waals surface area contributed by atoms with Crippen LogP contribution in [-0.2, 0) is 6.61 Å². The van der Waals surface area contributed by atoms with E-state index in [9.17, 15) is 18.4 Å². The van der Waals surface area contributed by atoms with E-state index in [2.05, 4.69) is 21.2 Å². The third kappa shape index (κ3) is 4.85. The Bertz CT molecular complexity index is 1210.